The summed E-state index contributed by atoms with van der Waals surface area (Å²) in [5.41, 5.74) is 5.88. The number of carbonyl (C=O) groups excluding carboxylic acids is 1. The van der Waals surface area contributed by atoms with Gasteiger partial charge in [0, 0.05) is 12.1 Å². The van der Waals surface area contributed by atoms with Gasteiger partial charge in [-0.3, -0.25) is 4.79 Å². The molecule has 5 rings (SSSR count). The molecule has 1 N–H and O–H groups in total. The second-order valence-corrected chi connectivity index (χ2v) is 7.88. The lowest BCUT2D eigenvalue weighted by Crippen LogP contribution is -2.31. The Morgan fingerprint density at radius 3 is 2.73 bits per heavy atom. The molecule has 30 heavy (non-hydrogen) atoms. The van der Waals surface area contributed by atoms with E-state index in [1.807, 2.05) is 41.0 Å². The van der Waals surface area contributed by atoms with E-state index < -0.39 is 0 Å². The van der Waals surface area contributed by atoms with Crippen molar-refractivity contribution in [1.82, 2.24) is 19.9 Å². The first-order valence-electron chi connectivity index (χ1n) is 9.47. The zero-order valence-corrected chi connectivity index (χ0v) is 16.6. The number of para-hydroxylation sites is 2. The lowest BCUT2D eigenvalue weighted by atomic mass is 10.1. The molecular formula is C23H17FN4OS. The largest absolute Gasteiger partial charge is 0.343 e. The van der Waals surface area contributed by atoms with Crippen LogP contribution in [0.25, 0.3) is 21.3 Å². The highest BCUT2D eigenvalue weighted by Gasteiger charge is 2.18. The van der Waals surface area contributed by atoms with Crippen LogP contribution in [-0.2, 0) is 6.54 Å². The Balaban J connectivity index is 1.47. The molecule has 1 atom stereocenters. The Morgan fingerprint density at radius 2 is 1.87 bits per heavy atom. The van der Waals surface area contributed by atoms with Crippen LogP contribution >= 0.6 is 11.3 Å². The molecule has 5 nitrogen and oxygen atoms in total. The molecule has 2 aromatic heterocycles. The molecule has 0 aliphatic heterocycles. The highest BCUT2D eigenvalue weighted by molar-refractivity contribution is 7.16. The average Bonchev–Trinajstić information content (AvgIpc) is 3.40. The molecule has 2 heterocycles. The average molecular weight is 416 g/mol. The van der Waals surface area contributed by atoms with Crippen LogP contribution < -0.4 is 5.32 Å². The maximum Gasteiger partial charge on any atom is 0.251 e. The van der Waals surface area contributed by atoms with Crippen LogP contribution in [0.4, 0.5) is 4.39 Å². The summed E-state index contributed by atoms with van der Waals surface area (Å²) in [5.74, 6) is -0.503. The third-order valence-electron chi connectivity index (χ3n) is 5.08. The molecule has 0 saturated carbocycles. The molecule has 148 valence electrons. The van der Waals surface area contributed by atoms with E-state index in [4.69, 9.17) is 0 Å². The Kier molecular flexibility index (Phi) is 4.72. The second-order valence-electron chi connectivity index (χ2n) is 7.00. The molecule has 0 radical (unpaired) electrons. The number of carbonyl (C=O) groups is 1. The fourth-order valence-corrected chi connectivity index (χ4v) is 4.24. The third kappa shape index (κ3) is 3.55. The summed E-state index contributed by atoms with van der Waals surface area (Å²) in [6, 6.07) is 19.1. The molecule has 0 aliphatic carbocycles. The van der Waals surface area contributed by atoms with Crippen molar-refractivity contribution in [1.29, 1.82) is 0 Å². The molecule has 7 heteroatoms. The van der Waals surface area contributed by atoms with Crippen molar-refractivity contribution in [2.75, 3.05) is 0 Å². The molecular weight excluding hydrogens is 399 g/mol. The van der Waals surface area contributed by atoms with Gasteiger partial charge < -0.3 is 9.88 Å². The Labute approximate surface area is 175 Å². The van der Waals surface area contributed by atoms with Crippen LogP contribution in [0, 0.1) is 5.82 Å². The second kappa shape index (κ2) is 7.68. The van der Waals surface area contributed by atoms with Crippen LogP contribution in [0.3, 0.4) is 0 Å². The number of nitrogens with one attached hydrogen (secondary N) is 1. The first-order chi connectivity index (χ1) is 14.7. The first kappa shape index (κ1) is 18.4. The Bertz CT molecular complexity index is 1340. The SMILES string of the molecule is O=C(NC(Cn1cnc2ccccc21)c1ccc(F)cc1)c1ccc2ncsc2c1. The summed E-state index contributed by atoms with van der Waals surface area (Å²) in [4.78, 5) is 21.7. The number of aromatic nitrogens is 3. The Morgan fingerprint density at radius 1 is 1.03 bits per heavy atom. The number of hydrogen-bond acceptors (Lipinski definition) is 4. The van der Waals surface area contributed by atoms with E-state index in [1.54, 1.807) is 30.0 Å². The van der Waals surface area contributed by atoms with Gasteiger partial charge in [-0.1, -0.05) is 24.3 Å². The van der Waals surface area contributed by atoms with Crippen LogP contribution in [-0.4, -0.2) is 20.4 Å². The summed E-state index contributed by atoms with van der Waals surface area (Å²) in [6.45, 7) is 0.473. The maximum absolute atomic E-state index is 13.5. The van der Waals surface area contributed by atoms with E-state index in [0.29, 0.717) is 12.1 Å². The predicted molar refractivity (Wildman–Crippen MR) is 116 cm³/mol. The lowest BCUT2D eigenvalue weighted by molar-refractivity contribution is 0.0933. The number of nitrogens with zero attached hydrogens (tertiary/aromatic N) is 3. The molecule has 0 fully saturated rings. The summed E-state index contributed by atoms with van der Waals surface area (Å²) in [7, 11) is 0. The number of rotatable bonds is 5. The summed E-state index contributed by atoms with van der Waals surface area (Å²) < 4.78 is 16.4. The molecule has 1 unspecified atom stereocenters. The van der Waals surface area contributed by atoms with Crippen LogP contribution in [0.2, 0.25) is 0 Å². The number of hydrogen-bond donors (Lipinski definition) is 1. The molecule has 3 aromatic carbocycles. The fourth-order valence-electron chi connectivity index (χ4n) is 3.52. The predicted octanol–water partition coefficient (Wildman–Crippen LogP) is 4.96. The van der Waals surface area contributed by atoms with E-state index >= 15 is 0 Å². The van der Waals surface area contributed by atoms with Crippen molar-refractivity contribution >= 4 is 38.5 Å². The van der Waals surface area contributed by atoms with Gasteiger partial charge in [0.1, 0.15) is 5.82 Å². The number of amides is 1. The molecule has 0 saturated heterocycles. The topological polar surface area (TPSA) is 59.8 Å². The van der Waals surface area contributed by atoms with Gasteiger partial charge in [-0.25, -0.2) is 14.4 Å². The van der Waals surface area contributed by atoms with Crippen molar-refractivity contribution < 1.29 is 9.18 Å². The molecule has 0 spiro atoms. The van der Waals surface area contributed by atoms with Crippen LogP contribution in [0.15, 0.2) is 78.6 Å². The van der Waals surface area contributed by atoms with Gasteiger partial charge in [-0.2, -0.15) is 0 Å². The minimum atomic E-state index is -0.354. The summed E-state index contributed by atoms with van der Waals surface area (Å²) in [6.07, 6.45) is 1.76. The van der Waals surface area contributed by atoms with E-state index in [2.05, 4.69) is 15.3 Å². The summed E-state index contributed by atoms with van der Waals surface area (Å²) in [5, 5.41) is 3.10. The number of imidazole rings is 1. The highest BCUT2D eigenvalue weighted by atomic mass is 32.1. The zero-order valence-electron chi connectivity index (χ0n) is 15.8. The standard InChI is InChI=1S/C23H17FN4OS/c24-17-8-5-15(6-9-17)20(12-28-13-25-18-3-1-2-4-21(18)28)27-23(29)16-7-10-19-22(11-16)30-14-26-19/h1-11,13-14,20H,12H2,(H,27,29). The van der Waals surface area contributed by atoms with E-state index in [9.17, 15) is 9.18 Å². The number of halogens is 1. The molecule has 5 aromatic rings. The number of benzene rings is 3. The first-order valence-corrected chi connectivity index (χ1v) is 10.3. The quantitative estimate of drug-likeness (QED) is 0.441. The van der Waals surface area contributed by atoms with Gasteiger partial charge in [-0.05, 0) is 48.0 Å². The van der Waals surface area contributed by atoms with Crippen molar-refractivity contribution in [2.45, 2.75) is 12.6 Å². The van der Waals surface area contributed by atoms with Crippen molar-refractivity contribution in [3.8, 4) is 0 Å². The Hall–Kier alpha value is -3.58. The normalized spacial score (nSPS) is 12.3. The zero-order chi connectivity index (χ0) is 20.5. The smallest absolute Gasteiger partial charge is 0.251 e. The molecule has 1 amide bonds. The minimum absolute atomic E-state index is 0.191. The monoisotopic (exact) mass is 416 g/mol. The van der Waals surface area contributed by atoms with Gasteiger partial charge in [0.05, 0.1) is 39.1 Å². The van der Waals surface area contributed by atoms with Crippen molar-refractivity contribution in [3.63, 3.8) is 0 Å². The maximum atomic E-state index is 13.5. The van der Waals surface area contributed by atoms with E-state index in [-0.39, 0.29) is 17.8 Å². The fraction of sp³-hybridized carbons (Fsp3) is 0.0870. The van der Waals surface area contributed by atoms with Crippen LogP contribution in [0.5, 0.6) is 0 Å². The summed E-state index contributed by atoms with van der Waals surface area (Å²) >= 11 is 1.50. The number of fused-ring (bicyclic) bond motifs is 2. The van der Waals surface area contributed by atoms with Crippen molar-refractivity contribution in [3.05, 3.63) is 95.5 Å². The highest BCUT2D eigenvalue weighted by Crippen LogP contribution is 2.22. The third-order valence-corrected chi connectivity index (χ3v) is 5.87. The lowest BCUT2D eigenvalue weighted by Gasteiger charge is -2.20. The molecule has 0 aliphatic rings. The van der Waals surface area contributed by atoms with Gasteiger partial charge in [0.15, 0.2) is 0 Å². The van der Waals surface area contributed by atoms with E-state index in [1.165, 1.54) is 23.5 Å². The van der Waals surface area contributed by atoms with Gasteiger partial charge in [0.25, 0.3) is 5.91 Å². The van der Waals surface area contributed by atoms with Crippen molar-refractivity contribution in [2.24, 2.45) is 0 Å². The van der Waals surface area contributed by atoms with Gasteiger partial charge in [-0.15, -0.1) is 11.3 Å². The van der Waals surface area contributed by atoms with Gasteiger partial charge >= 0.3 is 0 Å². The van der Waals surface area contributed by atoms with Gasteiger partial charge in [0.2, 0.25) is 0 Å². The molecule has 0 bridgehead atoms. The van der Waals surface area contributed by atoms with E-state index in [0.717, 1.165) is 26.8 Å². The number of thiazole rings is 1. The van der Waals surface area contributed by atoms with Crippen LogP contribution in [0.1, 0.15) is 22.0 Å². The minimum Gasteiger partial charge on any atom is -0.343 e.